The zero-order valence-electron chi connectivity index (χ0n) is 14.3. The highest BCUT2D eigenvalue weighted by atomic mass is 15.2. The predicted molar refractivity (Wildman–Crippen MR) is 91.8 cm³/mol. The van der Waals surface area contributed by atoms with Crippen LogP contribution in [0.5, 0.6) is 0 Å². The molecule has 0 radical (unpaired) electrons. The maximum atomic E-state index is 4.68. The minimum Gasteiger partial charge on any atom is -0.368 e. The number of nitrogens with zero attached hydrogens (tertiary/aromatic N) is 5. The highest BCUT2D eigenvalue weighted by molar-refractivity contribution is 5.37. The summed E-state index contributed by atoms with van der Waals surface area (Å²) in [5, 5.41) is 3.52. The smallest absolute Gasteiger partial charge is 0.159 e. The van der Waals surface area contributed by atoms with E-state index in [0.29, 0.717) is 5.41 Å². The Kier molecular flexibility index (Phi) is 4.61. The highest BCUT2D eigenvalue weighted by Gasteiger charge is 2.34. The first-order chi connectivity index (χ1) is 11.1. The summed E-state index contributed by atoms with van der Waals surface area (Å²) in [6.07, 6.45) is 12.5. The first kappa shape index (κ1) is 15.9. The Morgan fingerprint density at radius 3 is 2.70 bits per heavy atom. The van der Waals surface area contributed by atoms with Crippen LogP contribution >= 0.6 is 0 Å². The van der Waals surface area contributed by atoms with Crippen LogP contribution in [-0.2, 0) is 0 Å². The zero-order valence-corrected chi connectivity index (χ0v) is 14.3. The Balaban J connectivity index is 1.72. The van der Waals surface area contributed by atoms with Crippen LogP contribution in [0.2, 0.25) is 0 Å². The SMILES string of the molecule is Cc1nccn1-c1cncc(NCC2(CN(C)C)CCCC2)n1. The van der Waals surface area contributed by atoms with Crippen molar-refractivity contribution in [2.75, 3.05) is 32.5 Å². The summed E-state index contributed by atoms with van der Waals surface area (Å²) in [5.74, 6) is 2.55. The molecule has 2 aromatic rings. The van der Waals surface area contributed by atoms with Gasteiger partial charge in [-0.05, 0) is 33.9 Å². The molecule has 1 fully saturated rings. The zero-order chi connectivity index (χ0) is 16.3. The fraction of sp³-hybridized carbons (Fsp3) is 0.588. The van der Waals surface area contributed by atoms with Crippen LogP contribution in [0.1, 0.15) is 31.5 Å². The normalized spacial score (nSPS) is 16.9. The van der Waals surface area contributed by atoms with E-state index in [0.717, 1.165) is 30.5 Å². The summed E-state index contributed by atoms with van der Waals surface area (Å²) >= 11 is 0. The lowest BCUT2D eigenvalue weighted by Crippen LogP contribution is -2.37. The highest BCUT2D eigenvalue weighted by Crippen LogP contribution is 2.38. The molecule has 6 heteroatoms. The summed E-state index contributed by atoms with van der Waals surface area (Å²) in [6, 6.07) is 0. The molecule has 3 rings (SSSR count). The first-order valence-electron chi connectivity index (χ1n) is 8.29. The third-order valence-electron chi connectivity index (χ3n) is 4.65. The van der Waals surface area contributed by atoms with Crippen molar-refractivity contribution in [2.45, 2.75) is 32.6 Å². The summed E-state index contributed by atoms with van der Waals surface area (Å²) in [4.78, 5) is 15.5. The molecule has 2 aromatic heterocycles. The van der Waals surface area contributed by atoms with E-state index in [1.807, 2.05) is 17.7 Å². The summed E-state index contributed by atoms with van der Waals surface area (Å²) in [5.41, 5.74) is 0.353. The molecule has 2 heterocycles. The molecule has 0 bridgehead atoms. The van der Waals surface area contributed by atoms with E-state index in [2.05, 4.69) is 39.3 Å². The average molecular weight is 314 g/mol. The van der Waals surface area contributed by atoms with E-state index in [1.165, 1.54) is 25.7 Å². The van der Waals surface area contributed by atoms with Crippen molar-refractivity contribution in [3.63, 3.8) is 0 Å². The van der Waals surface area contributed by atoms with Gasteiger partial charge in [-0.25, -0.2) is 9.97 Å². The molecule has 0 aliphatic heterocycles. The molecule has 0 amide bonds. The van der Waals surface area contributed by atoms with Gasteiger partial charge in [0.05, 0.1) is 12.4 Å². The monoisotopic (exact) mass is 314 g/mol. The van der Waals surface area contributed by atoms with Crippen LogP contribution in [0.4, 0.5) is 5.82 Å². The van der Waals surface area contributed by atoms with Gasteiger partial charge in [-0.2, -0.15) is 0 Å². The van der Waals surface area contributed by atoms with Gasteiger partial charge >= 0.3 is 0 Å². The quantitative estimate of drug-likeness (QED) is 0.888. The Hall–Kier alpha value is -1.95. The van der Waals surface area contributed by atoms with E-state index >= 15 is 0 Å². The van der Waals surface area contributed by atoms with Crippen LogP contribution in [0.25, 0.3) is 5.82 Å². The van der Waals surface area contributed by atoms with Crippen LogP contribution in [0.15, 0.2) is 24.8 Å². The van der Waals surface area contributed by atoms with Gasteiger partial charge in [0, 0.05) is 30.9 Å². The number of hydrogen-bond donors (Lipinski definition) is 1. The van der Waals surface area contributed by atoms with Gasteiger partial charge < -0.3 is 10.2 Å². The number of nitrogens with one attached hydrogen (secondary N) is 1. The van der Waals surface area contributed by atoms with Gasteiger partial charge in [0.2, 0.25) is 0 Å². The molecular weight excluding hydrogens is 288 g/mol. The largest absolute Gasteiger partial charge is 0.368 e. The second-order valence-corrected chi connectivity index (χ2v) is 6.91. The lowest BCUT2D eigenvalue weighted by atomic mass is 9.85. The molecule has 0 unspecified atom stereocenters. The Labute approximate surface area is 138 Å². The second kappa shape index (κ2) is 6.66. The summed E-state index contributed by atoms with van der Waals surface area (Å²) in [6.45, 7) is 4.03. The number of anilines is 1. The number of aromatic nitrogens is 4. The third-order valence-corrected chi connectivity index (χ3v) is 4.65. The van der Waals surface area contributed by atoms with Gasteiger partial charge in [-0.15, -0.1) is 0 Å². The molecule has 1 saturated carbocycles. The van der Waals surface area contributed by atoms with Crippen molar-refractivity contribution >= 4 is 5.82 Å². The molecule has 124 valence electrons. The lowest BCUT2D eigenvalue weighted by molar-refractivity contribution is 0.215. The average Bonchev–Trinajstić information content (AvgIpc) is 3.15. The van der Waals surface area contributed by atoms with Gasteiger partial charge in [0.25, 0.3) is 0 Å². The summed E-state index contributed by atoms with van der Waals surface area (Å²) in [7, 11) is 4.31. The Bertz CT molecular complexity index is 642. The minimum absolute atomic E-state index is 0.353. The molecule has 0 aromatic carbocycles. The van der Waals surface area contributed by atoms with Crippen LogP contribution in [0.3, 0.4) is 0 Å². The number of imidazole rings is 1. The predicted octanol–water partition coefficient (Wildman–Crippen LogP) is 2.50. The van der Waals surface area contributed by atoms with Crippen molar-refractivity contribution in [2.24, 2.45) is 5.41 Å². The first-order valence-corrected chi connectivity index (χ1v) is 8.29. The maximum absolute atomic E-state index is 4.68. The number of aryl methyl sites for hydroxylation is 1. The van der Waals surface area contributed by atoms with Crippen molar-refractivity contribution in [1.82, 2.24) is 24.4 Å². The van der Waals surface area contributed by atoms with Gasteiger partial charge in [0.15, 0.2) is 5.82 Å². The van der Waals surface area contributed by atoms with Crippen LogP contribution in [-0.4, -0.2) is 51.6 Å². The Morgan fingerprint density at radius 2 is 2.04 bits per heavy atom. The van der Waals surface area contributed by atoms with Crippen molar-refractivity contribution in [3.05, 3.63) is 30.6 Å². The molecular formula is C17H26N6. The van der Waals surface area contributed by atoms with E-state index in [-0.39, 0.29) is 0 Å². The van der Waals surface area contributed by atoms with Crippen LogP contribution in [0, 0.1) is 12.3 Å². The van der Waals surface area contributed by atoms with Gasteiger partial charge in [-0.1, -0.05) is 12.8 Å². The number of hydrogen-bond acceptors (Lipinski definition) is 5. The van der Waals surface area contributed by atoms with Crippen molar-refractivity contribution < 1.29 is 0 Å². The molecule has 1 N–H and O–H groups in total. The van der Waals surface area contributed by atoms with Gasteiger partial charge in [-0.3, -0.25) is 9.55 Å². The molecule has 23 heavy (non-hydrogen) atoms. The molecule has 0 spiro atoms. The molecule has 0 saturated heterocycles. The fourth-order valence-electron chi connectivity index (χ4n) is 3.64. The second-order valence-electron chi connectivity index (χ2n) is 6.91. The standard InChI is InChI=1S/C17H26N6/c1-14-19-8-9-23(14)16-11-18-10-15(21-16)20-12-17(13-22(2)3)6-4-5-7-17/h8-11H,4-7,12-13H2,1-3H3,(H,20,21). The van der Waals surface area contributed by atoms with E-state index in [1.54, 1.807) is 18.6 Å². The Morgan fingerprint density at radius 1 is 1.26 bits per heavy atom. The number of rotatable bonds is 6. The third kappa shape index (κ3) is 3.69. The summed E-state index contributed by atoms with van der Waals surface area (Å²) < 4.78 is 1.95. The minimum atomic E-state index is 0.353. The van der Waals surface area contributed by atoms with E-state index < -0.39 is 0 Å². The fourth-order valence-corrected chi connectivity index (χ4v) is 3.64. The topological polar surface area (TPSA) is 58.9 Å². The van der Waals surface area contributed by atoms with E-state index in [9.17, 15) is 0 Å². The molecule has 6 nitrogen and oxygen atoms in total. The van der Waals surface area contributed by atoms with Gasteiger partial charge in [0.1, 0.15) is 11.6 Å². The van der Waals surface area contributed by atoms with E-state index in [4.69, 9.17) is 0 Å². The molecule has 1 aliphatic rings. The van der Waals surface area contributed by atoms with Crippen molar-refractivity contribution in [3.8, 4) is 5.82 Å². The van der Waals surface area contributed by atoms with Crippen molar-refractivity contribution in [1.29, 1.82) is 0 Å². The van der Waals surface area contributed by atoms with Crippen LogP contribution < -0.4 is 5.32 Å². The maximum Gasteiger partial charge on any atom is 0.159 e. The molecule has 1 aliphatic carbocycles. The lowest BCUT2D eigenvalue weighted by Gasteiger charge is -2.32. The molecule has 0 atom stereocenters.